The molecule has 0 saturated carbocycles. The van der Waals surface area contributed by atoms with Crippen LogP contribution in [0.1, 0.15) is 21.8 Å². The Labute approximate surface area is 173 Å². The van der Waals surface area contributed by atoms with Gasteiger partial charge in [-0.25, -0.2) is 8.78 Å². The van der Waals surface area contributed by atoms with Gasteiger partial charge < -0.3 is 9.84 Å². The highest BCUT2D eigenvalue weighted by Crippen LogP contribution is 2.33. The zero-order valence-electron chi connectivity index (χ0n) is 16.7. The Hall–Kier alpha value is -4.08. The highest BCUT2D eigenvalue weighted by Gasteiger charge is 2.23. The van der Waals surface area contributed by atoms with Gasteiger partial charge in [0.25, 0.3) is 5.91 Å². The smallest absolute Gasteiger partial charge is 0.261 e. The van der Waals surface area contributed by atoms with E-state index in [1.54, 1.807) is 39.1 Å². The number of aromatic nitrogens is 5. The molecule has 0 saturated heterocycles. The topological polar surface area (TPSA) is 102 Å². The summed E-state index contributed by atoms with van der Waals surface area (Å²) >= 11 is 0. The molecule has 0 radical (unpaired) electrons. The highest BCUT2D eigenvalue weighted by atomic mass is 19.1. The van der Waals surface area contributed by atoms with E-state index in [0.717, 1.165) is 17.1 Å². The molecule has 0 spiro atoms. The Kier molecular flexibility index (Phi) is 4.10. The standard InChI is InChI=1S/C21H16F2N6O2/c1-9-17(10(2)31-28-9)20-12-6-11(4-5-15(12)26-27-20)25-21(30)18-14(22)7-16-13(19(18)23)8-24-29(16)3/h4-8H,1-3H3,(H,25,30)(H,26,27). The molecule has 8 nitrogen and oxygen atoms in total. The predicted octanol–water partition coefficient (Wildman–Crippen LogP) is 4.25. The van der Waals surface area contributed by atoms with Crippen LogP contribution in [0.25, 0.3) is 33.1 Å². The van der Waals surface area contributed by atoms with Gasteiger partial charge in [0.05, 0.1) is 33.9 Å². The van der Waals surface area contributed by atoms with E-state index >= 15 is 0 Å². The fourth-order valence-corrected chi connectivity index (χ4v) is 3.72. The first-order chi connectivity index (χ1) is 14.8. The number of benzene rings is 2. The minimum atomic E-state index is -0.966. The quantitative estimate of drug-likeness (QED) is 0.453. The normalized spacial score (nSPS) is 11.5. The molecule has 5 rings (SSSR count). The second-order valence-electron chi connectivity index (χ2n) is 7.23. The molecule has 0 unspecified atom stereocenters. The maximum absolute atomic E-state index is 14.9. The lowest BCUT2D eigenvalue weighted by Crippen LogP contribution is -2.16. The average molecular weight is 422 g/mol. The maximum Gasteiger partial charge on any atom is 0.261 e. The fraction of sp³-hybridized carbons (Fsp3) is 0.143. The summed E-state index contributed by atoms with van der Waals surface area (Å²) in [6, 6.07) is 6.11. The number of hydrogen-bond donors (Lipinski definition) is 2. The van der Waals surface area contributed by atoms with Gasteiger partial charge in [-0.2, -0.15) is 10.2 Å². The van der Waals surface area contributed by atoms with E-state index in [0.29, 0.717) is 28.2 Å². The number of amides is 1. The van der Waals surface area contributed by atoms with Crippen molar-refractivity contribution in [3.8, 4) is 11.3 Å². The van der Waals surface area contributed by atoms with Crippen molar-refractivity contribution in [3.63, 3.8) is 0 Å². The van der Waals surface area contributed by atoms with Gasteiger partial charge in [-0.1, -0.05) is 5.16 Å². The molecule has 0 fully saturated rings. The third-order valence-corrected chi connectivity index (χ3v) is 5.26. The Balaban J connectivity index is 1.55. The summed E-state index contributed by atoms with van der Waals surface area (Å²) in [6.07, 6.45) is 1.26. The van der Waals surface area contributed by atoms with Crippen molar-refractivity contribution in [2.75, 3.05) is 5.32 Å². The van der Waals surface area contributed by atoms with E-state index in [-0.39, 0.29) is 10.9 Å². The van der Waals surface area contributed by atoms with Crippen LogP contribution in [0.15, 0.2) is 35.0 Å². The van der Waals surface area contributed by atoms with E-state index in [2.05, 4.69) is 25.8 Å². The van der Waals surface area contributed by atoms with E-state index in [4.69, 9.17) is 4.52 Å². The van der Waals surface area contributed by atoms with Crippen molar-refractivity contribution in [1.29, 1.82) is 0 Å². The summed E-state index contributed by atoms with van der Waals surface area (Å²) in [6.45, 7) is 3.58. The minimum Gasteiger partial charge on any atom is -0.361 e. The lowest BCUT2D eigenvalue weighted by molar-refractivity contribution is 0.101. The monoisotopic (exact) mass is 422 g/mol. The Morgan fingerprint density at radius 3 is 2.74 bits per heavy atom. The summed E-state index contributed by atoms with van der Waals surface area (Å²) in [5.41, 5.74) is 2.70. The van der Waals surface area contributed by atoms with Crippen LogP contribution in [0.5, 0.6) is 0 Å². The number of rotatable bonds is 3. The SMILES string of the molecule is Cc1noc(C)c1-c1n[nH]c2ccc(NC(=O)c3c(F)cc4c(cnn4C)c3F)cc12. The largest absolute Gasteiger partial charge is 0.361 e. The minimum absolute atomic E-state index is 0.0695. The molecule has 0 aliphatic carbocycles. The van der Waals surface area contributed by atoms with Crippen molar-refractivity contribution in [3.05, 3.63) is 59.1 Å². The summed E-state index contributed by atoms with van der Waals surface area (Å²) in [4.78, 5) is 12.7. The lowest BCUT2D eigenvalue weighted by atomic mass is 10.1. The first-order valence-electron chi connectivity index (χ1n) is 9.37. The van der Waals surface area contributed by atoms with E-state index in [1.807, 2.05) is 0 Å². The fourth-order valence-electron chi connectivity index (χ4n) is 3.72. The molecule has 31 heavy (non-hydrogen) atoms. The molecule has 156 valence electrons. The van der Waals surface area contributed by atoms with Gasteiger partial charge >= 0.3 is 0 Å². The number of fused-ring (bicyclic) bond motifs is 2. The zero-order chi connectivity index (χ0) is 21.9. The van der Waals surface area contributed by atoms with Gasteiger partial charge in [-0.3, -0.25) is 14.6 Å². The molecule has 0 aliphatic heterocycles. The van der Waals surface area contributed by atoms with Gasteiger partial charge in [0.15, 0.2) is 0 Å². The summed E-state index contributed by atoms with van der Waals surface area (Å²) in [5, 5.41) is 18.5. The van der Waals surface area contributed by atoms with Crippen molar-refractivity contribution in [1.82, 2.24) is 25.1 Å². The second kappa shape index (κ2) is 6.73. The molecular weight excluding hydrogens is 406 g/mol. The molecule has 5 aromatic rings. The molecule has 3 aromatic heterocycles. The summed E-state index contributed by atoms with van der Waals surface area (Å²) < 4.78 is 36.0. The zero-order valence-corrected chi connectivity index (χ0v) is 16.7. The van der Waals surface area contributed by atoms with Crippen LogP contribution in [0.3, 0.4) is 0 Å². The number of carbonyl (C=O) groups excluding carboxylic acids is 1. The van der Waals surface area contributed by atoms with E-state index < -0.39 is 23.1 Å². The molecule has 0 bridgehead atoms. The summed E-state index contributed by atoms with van der Waals surface area (Å²) in [7, 11) is 1.57. The van der Waals surface area contributed by atoms with Crippen LogP contribution < -0.4 is 5.32 Å². The number of aryl methyl sites for hydroxylation is 3. The van der Waals surface area contributed by atoms with Crippen molar-refractivity contribution in [2.24, 2.45) is 7.05 Å². The third-order valence-electron chi connectivity index (χ3n) is 5.26. The first-order valence-corrected chi connectivity index (χ1v) is 9.37. The molecule has 3 heterocycles. The number of halogens is 2. The maximum atomic E-state index is 14.9. The van der Waals surface area contributed by atoms with Crippen LogP contribution in [-0.2, 0) is 7.05 Å². The number of nitrogens with one attached hydrogen (secondary N) is 2. The lowest BCUT2D eigenvalue weighted by Gasteiger charge is -2.09. The number of anilines is 1. The number of nitrogens with zero attached hydrogens (tertiary/aromatic N) is 4. The average Bonchev–Trinajstić information content (AvgIpc) is 3.39. The second-order valence-corrected chi connectivity index (χ2v) is 7.23. The van der Waals surface area contributed by atoms with Crippen molar-refractivity contribution in [2.45, 2.75) is 13.8 Å². The van der Waals surface area contributed by atoms with Crippen LogP contribution in [0, 0.1) is 25.5 Å². The van der Waals surface area contributed by atoms with Gasteiger partial charge in [-0.05, 0) is 32.0 Å². The number of hydrogen-bond acceptors (Lipinski definition) is 5. The molecule has 10 heteroatoms. The number of aromatic amines is 1. The highest BCUT2D eigenvalue weighted by molar-refractivity contribution is 6.08. The van der Waals surface area contributed by atoms with E-state index in [1.165, 1.54) is 10.9 Å². The van der Waals surface area contributed by atoms with Gasteiger partial charge in [0.2, 0.25) is 0 Å². The van der Waals surface area contributed by atoms with Crippen molar-refractivity contribution >= 4 is 33.4 Å². The van der Waals surface area contributed by atoms with Gasteiger partial charge in [0.1, 0.15) is 28.7 Å². The first kappa shape index (κ1) is 18.9. The van der Waals surface area contributed by atoms with Gasteiger partial charge in [-0.15, -0.1) is 0 Å². The molecule has 2 aromatic carbocycles. The van der Waals surface area contributed by atoms with Gasteiger partial charge in [0, 0.05) is 24.2 Å². The van der Waals surface area contributed by atoms with E-state index in [9.17, 15) is 13.6 Å². The van der Waals surface area contributed by atoms with Crippen LogP contribution in [0.4, 0.5) is 14.5 Å². The molecular formula is C21H16F2N6O2. The molecule has 1 amide bonds. The molecule has 0 atom stereocenters. The number of carbonyl (C=O) groups is 1. The van der Waals surface area contributed by atoms with Crippen LogP contribution in [0.2, 0.25) is 0 Å². The predicted molar refractivity (Wildman–Crippen MR) is 110 cm³/mol. The molecule has 0 aliphatic rings. The Morgan fingerprint density at radius 2 is 2.00 bits per heavy atom. The van der Waals surface area contributed by atoms with Crippen LogP contribution in [-0.4, -0.2) is 31.0 Å². The summed E-state index contributed by atoms with van der Waals surface area (Å²) in [5.74, 6) is -2.22. The Morgan fingerprint density at radius 1 is 1.19 bits per heavy atom. The Bertz CT molecular complexity index is 1480. The van der Waals surface area contributed by atoms with Crippen molar-refractivity contribution < 1.29 is 18.1 Å². The third kappa shape index (κ3) is 2.87. The number of H-pyrrole nitrogens is 1. The van der Waals surface area contributed by atoms with Crippen LogP contribution >= 0.6 is 0 Å². The molecule has 2 N–H and O–H groups in total.